The summed E-state index contributed by atoms with van der Waals surface area (Å²) < 4.78 is 11.4. The van der Waals surface area contributed by atoms with Gasteiger partial charge in [0.25, 0.3) is 0 Å². The van der Waals surface area contributed by atoms with Gasteiger partial charge >= 0.3 is 0 Å². The summed E-state index contributed by atoms with van der Waals surface area (Å²) in [7, 11) is 3.85. The lowest BCUT2D eigenvalue weighted by Gasteiger charge is -2.33. The molecule has 0 unspecified atom stereocenters. The number of morpholine rings is 1. The van der Waals surface area contributed by atoms with Gasteiger partial charge in [-0.15, -0.1) is 0 Å². The summed E-state index contributed by atoms with van der Waals surface area (Å²) in [6.07, 6.45) is 4.35. The third-order valence-corrected chi connectivity index (χ3v) is 7.91. The molecular weight excluding hydrogens is 522 g/mol. The average Bonchev–Trinajstić information content (AvgIpc) is 3.68. The minimum absolute atomic E-state index is 0.0539. The van der Waals surface area contributed by atoms with E-state index in [1.54, 1.807) is 15.8 Å². The molecule has 0 saturated carbocycles. The van der Waals surface area contributed by atoms with Crippen LogP contribution in [0.5, 0.6) is 0 Å². The molecule has 0 aliphatic carbocycles. The molecule has 6 heterocycles. The smallest absolute Gasteiger partial charge is 0.241 e. The van der Waals surface area contributed by atoms with Crippen LogP contribution in [-0.2, 0) is 36.6 Å². The van der Waals surface area contributed by atoms with Crippen molar-refractivity contribution < 1.29 is 9.53 Å². The largest absolute Gasteiger partial charge is 0.378 e. The minimum Gasteiger partial charge on any atom is -0.378 e. The van der Waals surface area contributed by atoms with Crippen LogP contribution in [0.1, 0.15) is 18.6 Å². The standard InChI is InChI=1S/C28H33N11O2/c1-4-22-30-20-7-5-6-8-21(20)39(22)28-32-26-25(27(33-28)37-11-13-41-14-12-37)31-23(35(26)3)17-36-9-10-38(24(40)18-36)19-15-29-34(2)16-19/h5-8,15-16H,4,9-14,17-18H2,1-3H3. The molecule has 2 aliphatic heterocycles. The van der Waals surface area contributed by atoms with E-state index in [-0.39, 0.29) is 5.91 Å². The zero-order valence-electron chi connectivity index (χ0n) is 23.6. The first-order valence-electron chi connectivity index (χ1n) is 14.0. The Morgan fingerprint density at radius 3 is 2.54 bits per heavy atom. The Morgan fingerprint density at radius 1 is 0.951 bits per heavy atom. The predicted octanol–water partition coefficient (Wildman–Crippen LogP) is 1.68. The summed E-state index contributed by atoms with van der Waals surface area (Å²) in [5, 5.41) is 4.21. The first-order chi connectivity index (χ1) is 20.0. The maximum atomic E-state index is 13.0. The lowest BCUT2D eigenvalue weighted by atomic mass is 10.3. The van der Waals surface area contributed by atoms with Crippen LogP contribution in [0.15, 0.2) is 36.7 Å². The number of amides is 1. The zero-order chi connectivity index (χ0) is 28.1. The highest BCUT2D eigenvalue weighted by Gasteiger charge is 2.29. The van der Waals surface area contributed by atoms with Gasteiger partial charge in [0.15, 0.2) is 17.0 Å². The Kier molecular flexibility index (Phi) is 6.39. The molecule has 0 N–H and O–H groups in total. The molecule has 2 saturated heterocycles. The van der Waals surface area contributed by atoms with E-state index in [0.717, 1.165) is 71.4 Å². The molecule has 0 radical (unpaired) electrons. The van der Waals surface area contributed by atoms with Gasteiger partial charge < -0.3 is 19.1 Å². The van der Waals surface area contributed by atoms with Gasteiger partial charge in [-0.2, -0.15) is 15.1 Å². The van der Waals surface area contributed by atoms with Crippen LogP contribution in [0.2, 0.25) is 0 Å². The number of aromatic nitrogens is 8. The number of carbonyl (C=O) groups is 1. The summed E-state index contributed by atoms with van der Waals surface area (Å²) in [6, 6.07) is 8.08. The SMILES string of the molecule is CCc1nc2ccccc2n1-c1nc(N2CCOCC2)c2nc(CN3CCN(c4cnn(C)c4)C(=O)C3)n(C)c2n1. The number of imidazole rings is 2. The second-order valence-electron chi connectivity index (χ2n) is 10.5. The van der Waals surface area contributed by atoms with Gasteiger partial charge in [-0.05, 0) is 12.1 Å². The number of fused-ring (bicyclic) bond motifs is 2. The Morgan fingerprint density at radius 2 is 1.78 bits per heavy atom. The number of para-hydroxylation sites is 2. The number of aryl methyl sites for hydroxylation is 3. The molecule has 2 aliphatic rings. The van der Waals surface area contributed by atoms with Crippen molar-refractivity contribution in [2.24, 2.45) is 14.1 Å². The fraction of sp³-hybridized carbons (Fsp3) is 0.429. The van der Waals surface area contributed by atoms with Crippen molar-refractivity contribution in [3.05, 3.63) is 48.3 Å². The lowest BCUT2D eigenvalue weighted by molar-refractivity contribution is -0.121. The van der Waals surface area contributed by atoms with E-state index in [2.05, 4.69) is 32.5 Å². The number of carbonyl (C=O) groups excluding carboxylic acids is 1. The van der Waals surface area contributed by atoms with E-state index in [9.17, 15) is 4.79 Å². The van der Waals surface area contributed by atoms with E-state index >= 15 is 0 Å². The Labute approximate surface area is 237 Å². The molecule has 13 nitrogen and oxygen atoms in total. The van der Waals surface area contributed by atoms with Crippen molar-refractivity contribution in [1.82, 2.24) is 43.8 Å². The number of ether oxygens (including phenoxy) is 1. The monoisotopic (exact) mass is 555 g/mol. The van der Waals surface area contributed by atoms with Gasteiger partial charge in [0.05, 0.1) is 49.2 Å². The molecule has 0 atom stereocenters. The lowest BCUT2D eigenvalue weighted by Crippen LogP contribution is -2.50. The Bertz CT molecular complexity index is 1750. The third-order valence-electron chi connectivity index (χ3n) is 7.91. The van der Waals surface area contributed by atoms with Crippen molar-refractivity contribution in [3.8, 4) is 5.95 Å². The summed E-state index contributed by atoms with van der Waals surface area (Å²) in [5.41, 5.74) is 4.24. The van der Waals surface area contributed by atoms with Crippen LogP contribution in [0.4, 0.5) is 11.5 Å². The van der Waals surface area contributed by atoms with E-state index in [1.807, 2.05) is 43.1 Å². The van der Waals surface area contributed by atoms with E-state index in [1.165, 1.54) is 0 Å². The topological polar surface area (TPSA) is 115 Å². The number of nitrogens with zero attached hydrogens (tertiary/aromatic N) is 11. The molecule has 4 aromatic heterocycles. The number of anilines is 2. The molecule has 41 heavy (non-hydrogen) atoms. The van der Waals surface area contributed by atoms with Crippen molar-refractivity contribution >= 4 is 39.6 Å². The Balaban J connectivity index is 1.27. The molecule has 13 heteroatoms. The molecule has 2 fully saturated rings. The van der Waals surface area contributed by atoms with E-state index in [0.29, 0.717) is 38.8 Å². The van der Waals surface area contributed by atoms with Crippen LogP contribution in [-0.4, -0.2) is 95.6 Å². The first-order valence-corrected chi connectivity index (χ1v) is 14.0. The summed E-state index contributed by atoms with van der Waals surface area (Å²) in [6.45, 7) is 7.01. The van der Waals surface area contributed by atoms with Crippen LogP contribution in [0.3, 0.4) is 0 Å². The van der Waals surface area contributed by atoms with Crippen molar-refractivity contribution in [1.29, 1.82) is 0 Å². The van der Waals surface area contributed by atoms with Crippen LogP contribution >= 0.6 is 0 Å². The number of piperazine rings is 1. The predicted molar refractivity (Wildman–Crippen MR) is 154 cm³/mol. The van der Waals surface area contributed by atoms with Crippen LogP contribution < -0.4 is 9.80 Å². The van der Waals surface area contributed by atoms with Gasteiger partial charge in [0.1, 0.15) is 11.6 Å². The molecular formula is C28H33N11O2. The van der Waals surface area contributed by atoms with E-state index in [4.69, 9.17) is 24.7 Å². The highest BCUT2D eigenvalue weighted by Crippen LogP contribution is 2.29. The van der Waals surface area contributed by atoms with Crippen molar-refractivity contribution in [3.63, 3.8) is 0 Å². The van der Waals surface area contributed by atoms with Crippen LogP contribution in [0, 0.1) is 0 Å². The fourth-order valence-electron chi connectivity index (χ4n) is 5.73. The maximum Gasteiger partial charge on any atom is 0.241 e. The minimum atomic E-state index is 0.0539. The van der Waals surface area contributed by atoms with Crippen LogP contribution in [0.25, 0.3) is 28.1 Å². The highest BCUT2D eigenvalue weighted by molar-refractivity contribution is 5.95. The number of hydrogen-bond acceptors (Lipinski definition) is 9. The van der Waals surface area contributed by atoms with Gasteiger partial charge in [0, 0.05) is 52.9 Å². The molecule has 7 rings (SSSR count). The van der Waals surface area contributed by atoms with Gasteiger partial charge in [-0.1, -0.05) is 19.1 Å². The molecule has 5 aromatic rings. The fourth-order valence-corrected chi connectivity index (χ4v) is 5.73. The first kappa shape index (κ1) is 25.6. The van der Waals surface area contributed by atoms with Crippen molar-refractivity contribution in [2.45, 2.75) is 19.9 Å². The second-order valence-corrected chi connectivity index (χ2v) is 10.5. The molecule has 1 aromatic carbocycles. The van der Waals surface area contributed by atoms with Gasteiger partial charge in [0.2, 0.25) is 11.9 Å². The zero-order valence-corrected chi connectivity index (χ0v) is 23.6. The summed E-state index contributed by atoms with van der Waals surface area (Å²) in [4.78, 5) is 39.3. The molecule has 212 valence electrons. The normalized spacial score (nSPS) is 16.9. The summed E-state index contributed by atoms with van der Waals surface area (Å²) >= 11 is 0. The van der Waals surface area contributed by atoms with Gasteiger partial charge in [-0.3, -0.25) is 18.9 Å². The second kappa shape index (κ2) is 10.2. The molecule has 1 amide bonds. The van der Waals surface area contributed by atoms with Crippen molar-refractivity contribution in [2.75, 3.05) is 55.7 Å². The maximum absolute atomic E-state index is 13.0. The summed E-state index contributed by atoms with van der Waals surface area (Å²) in [5.74, 6) is 3.19. The quantitative estimate of drug-likeness (QED) is 0.309. The number of benzene rings is 1. The number of hydrogen-bond donors (Lipinski definition) is 0. The third kappa shape index (κ3) is 4.50. The number of rotatable bonds is 6. The molecule has 0 bridgehead atoms. The molecule has 0 spiro atoms. The average molecular weight is 556 g/mol. The Hall–Kier alpha value is -4.36. The van der Waals surface area contributed by atoms with Gasteiger partial charge in [-0.25, -0.2) is 9.97 Å². The highest BCUT2D eigenvalue weighted by atomic mass is 16.5. The van der Waals surface area contributed by atoms with E-state index < -0.39 is 0 Å².